The molecule has 1 saturated heterocycles. The third-order valence-corrected chi connectivity index (χ3v) is 11.8. The second-order valence-corrected chi connectivity index (χ2v) is 17.7. The molecule has 0 spiro atoms. The van der Waals surface area contributed by atoms with Gasteiger partial charge in [0, 0.05) is 68.8 Å². The second kappa shape index (κ2) is 49.5. The molecule has 19 heteroatoms. The molecule has 3 aromatic carbocycles. The van der Waals surface area contributed by atoms with Crippen molar-refractivity contribution in [3.63, 3.8) is 0 Å². The van der Waals surface area contributed by atoms with Gasteiger partial charge in [0.15, 0.2) is 0 Å². The molecule has 3 amide bonds. The molecule has 2 atom stereocenters. The third kappa shape index (κ3) is 36.9. The first-order valence-corrected chi connectivity index (χ1v) is 26.4. The number of amidine groups is 1. The molecular weight excluding hydrogens is 1000 g/mol. The van der Waals surface area contributed by atoms with Crippen LogP contribution < -0.4 is 83.5 Å². The Morgan fingerprint density at radius 3 is 2.04 bits per heavy atom. The summed E-state index contributed by atoms with van der Waals surface area (Å²) in [4.78, 5) is 51.0. The Balaban J connectivity index is 0.00000150. The number of aliphatic imine (C=N–C) groups is 1. The van der Waals surface area contributed by atoms with Crippen LogP contribution in [-0.2, 0) is 41.7 Å². The molecule has 0 aliphatic carbocycles. The number of nitrogens with one attached hydrogen (secondary N) is 4. The summed E-state index contributed by atoms with van der Waals surface area (Å²) in [6.45, 7) is 16.8. The van der Waals surface area contributed by atoms with E-state index < -0.39 is 0 Å². The van der Waals surface area contributed by atoms with Crippen LogP contribution in [0.3, 0.4) is 0 Å². The Bertz CT molecular complexity index is 2110. The zero-order valence-corrected chi connectivity index (χ0v) is 50.1. The predicted molar refractivity (Wildman–Crippen MR) is 306 cm³/mol. The van der Waals surface area contributed by atoms with Crippen LogP contribution in [0.1, 0.15) is 124 Å². The molecule has 1 fully saturated rings. The number of piperidine rings is 1. The molecule has 0 saturated carbocycles. The fourth-order valence-corrected chi connectivity index (χ4v) is 7.22. The average molecular weight is 1090 g/mol. The summed E-state index contributed by atoms with van der Waals surface area (Å²) < 4.78 is 22.5. The van der Waals surface area contributed by atoms with Crippen molar-refractivity contribution in [2.75, 3.05) is 73.4 Å². The van der Waals surface area contributed by atoms with Crippen LogP contribution in [0.2, 0.25) is 0 Å². The van der Waals surface area contributed by atoms with E-state index >= 15 is 0 Å². The van der Waals surface area contributed by atoms with Gasteiger partial charge in [-0.15, -0.1) is 5.69 Å². The standard InChI is InChI=1S/C36H50N5O5.C14H21NO.C5H12N2.C2H3NO2.CH3N.K/c1-29(41-33-10-7-9-32(27-33)36(37)40-28-30-16-18-39-19-17-30)31-12-14-34(15-13-31)46-22-6-4-3-5-20-43-23-25-45-26-24-44-21-8-11-35(42)38-2;1-4-7-12(2)15(3)10-13-8-5-6-9-14(13)11-16;6-5-1-3-7-4-2-5;4-1-3-2-5;1-2;/h7,9-10,12-19,27,29H,3-6,8,11,20-26,28H2,1-2H3,(H2,37,40)(H,38,42);5-6,8-9,11-12H,4,7,10H2,1-3H3;5,7H,1-4,6H2;1-2H,(H,3,4,5);2H,1H2;/q-1;;;;;+1/t29-;;;;;/m1...../s1. The van der Waals surface area contributed by atoms with Crippen molar-refractivity contribution in [2.24, 2.45) is 16.5 Å². The smallest absolute Gasteiger partial charge is 0.678 e. The number of aldehydes is 1. The van der Waals surface area contributed by atoms with Gasteiger partial charge < -0.3 is 57.1 Å². The number of ether oxygens (including phenoxy) is 4. The molecular formula is C58H89KN10O8. The van der Waals surface area contributed by atoms with Crippen molar-refractivity contribution in [3.05, 3.63) is 130 Å². The molecule has 77 heavy (non-hydrogen) atoms. The number of hydrogen-bond donors (Lipinski definition) is 6. The van der Waals surface area contributed by atoms with Gasteiger partial charge in [0.25, 0.3) is 0 Å². The Hall–Kier alpha value is -4.77. The number of aromatic nitrogens is 1. The van der Waals surface area contributed by atoms with Crippen LogP contribution in [0.15, 0.2) is 102 Å². The molecule has 5 rings (SSSR count). The Morgan fingerprint density at radius 1 is 0.857 bits per heavy atom. The first-order valence-electron chi connectivity index (χ1n) is 26.4. The van der Waals surface area contributed by atoms with E-state index in [-0.39, 0.29) is 63.3 Å². The van der Waals surface area contributed by atoms with E-state index in [1.807, 2.05) is 72.8 Å². The summed E-state index contributed by atoms with van der Waals surface area (Å²) in [6, 6.07) is 28.7. The molecule has 1 aliphatic rings. The van der Waals surface area contributed by atoms with Crippen LogP contribution in [0.4, 0.5) is 5.69 Å². The number of imide groups is 1. The maximum Gasteiger partial charge on any atom is 1.00 e. The Kier molecular flexibility index (Phi) is 46.4. The molecule has 0 bridgehead atoms. The van der Waals surface area contributed by atoms with Crippen molar-refractivity contribution in [2.45, 2.75) is 116 Å². The van der Waals surface area contributed by atoms with Gasteiger partial charge in [-0.05, 0) is 114 Å². The van der Waals surface area contributed by atoms with E-state index in [2.05, 4.69) is 72.2 Å². The summed E-state index contributed by atoms with van der Waals surface area (Å²) in [7, 11) is 3.75. The number of amides is 3. The number of nitrogens with two attached hydrogens (primary N) is 2. The first-order chi connectivity index (χ1) is 37.0. The number of carbonyl (C=O) groups excluding carboxylic acids is 4. The van der Waals surface area contributed by atoms with Gasteiger partial charge in [0.1, 0.15) is 17.9 Å². The van der Waals surface area contributed by atoms with Crippen LogP contribution >= 0.6 is 0 Å². The van der Waals surface area contributed by atoms with Crippen molar-refractivity contribution in [1.29, 1.82) is 5.41 Å². The fourth-order valence-electron chi connectivity index (χ4n) is 7.22. The average Bonchev–Trinajstić information content (AvgIpc) is 3.45. The van der Waals surface area contributed by atoms with Crippen LogP contribution in [0, 0.1) is 5.41 Å². The van der Waals surface area contributed by atoms with E-state index in [0.29, 0.717) is 83.3 Å². The number of nitrogens with zero attached hydrogens (tertiary/aromatic N) is 4. The topological polar surface area (TPSA) is 260 Å². The molecule has 420 valence electrons. The quantitative estimate of drug-likeness (QED) is 0.0120. The largest absolute Gasteiger partial charge is 1.00 e. The van der Waals surface area contributed by atoms with Gasteiger partial charge in [0.05, 0.1) is 39.6 Å². The number of hydrogen-bond acceptors (Lipinski definition) is 14. The van der Waals surface area contributed by atoms with Crippen molar-refractivity contribution < 1.29 is 89.5 Å². The maximum absolute atomic E-state index is 11.1. The van der Waals surface area contributed by atoms with E-state index in [4.69, 9.17) is 50.7 Å². The van der Waals surface area contributed by atoms with Crippen molar-refractivity contribution in [3.8, 4) is 5.75 Å². The minimum atomic E-state index is -0.0145. The minimum absolute atomic E-state index is 0. The SMILES string of the molecule is C=N.CCCC(C)N(C)Cc1ccccc1C=O.CNC(=O)CCCOCCOCCOCCCCCCOc1ccc([C@@H](C)[N-]c2cccc(C(N)=NCc3ccncc3)c2)cc1.NC1CCNCC1.O=CNC=O.[K+]. The summed E-state index contributed by atoms with van der Waals surface area (Å²) in [5.41, 5.74) is 17.7. The molecule has 1 unspecified atom stereocenters. The predicted octanol–water partition coefficient (Wildman–Crippen LogP) is 5.24. The number of pyridine rings is 1. The maximum atomic E-state index is 11.1. The van der Waals surface area contributed by atoms with Gasteiger partial charge in [-0.3, -0.25) is 34.1 Å². The normalized spacial score (nSPS) is 12.6. The molecule has 4 aromatic rings. The monoisotopic (exact) mass is 1090 g/mol. The van der Waals surface area contributed by atoms with Gasteiger partial charge in [-0.25, -0.2) is 0 Å². The number of unbranched alkanes of at least 4 members (excludes halogenated alkanes) is 3. The van der Waals surface area contributed by atoms with Gasteiger partial charge in [-0.1, -0.05) is 99.0 Å². The van der Waals surface area contributed by atoms with Gasteiger partial charge in [0.2, 0.25) is 18.7 Å². The van der Waals surface area contributed by atoms with Crippen molar-refractivity contribution >= 4 is 43.3 Å². The Morgan fingerprint density at radius 2 is 1.47 bits per heavy atom. The van der Waals surface area contributed by atoms with Crippen molar-refractivity contribution in [1.82, 2.24) is 25.8 Å². The fraction of sp³-hybridized carbons (Fsp3) is 0.500. The minimum Gasteiger partial charge on any atom is -0.678 e. The number of benzene rings is 3. The molecule has 8 N–H and O–H groups in total. The van der Waals surface area contributed by atoms with E-state index in [1.165, 1.54) is 12.8 Å². The molecule has 0 radical (unpaired) electrons. The van der Waals surface area contributed by atoms with Gasteiger partial charge >= 0.3 is 51.4 Å². The summed E-state index contributed by atoms with van der Waals surface area (Å²) in [5.74, 6) is 1.40. The number of rotatable bonds is 32. The zero-order chi connectivity index (χ0) is 55.9. The summed E-state index contributed by atoms with van der Waals surface area (Å²) in [6.07, 6.45) is 15.2. The first kappa shape index (κ1) is 72.2. The Labute approximate surface area is 502 Å². The van der Waals surface area contributed by atoms with Crippen LogP contribution in [0.25, 0.3) is 5.32 Å². The summed E-state index contributed by atoms with van der Waals surface area (Å²) >= 11 is 0. The third-order valence-electron chi connectivity index (χ3n) is 11.8. The molecule has 2 heterocycles. The molecule has 1 aliphatic heterocycles. The van der Waals surface area contributed by atoms with Gasteiger partial charge in [-0.2, -0.15) is 0 Å². The zero-order valence-electron chi connectivity index (χ0n) is 47.0. The molecule has 1 aromatic heterocycles. The summed E-state index contributed by atoms with van der Waals surface area (Å²) in [5, 5.41) is 18.0. The molecule has 18 nitrogen and oxygen atoms in total. The van der Waals surface area contributed by atoms with Crippen LogP contribution in [0.5, 0.6) is 5.75 Å². The second-order valence-electron chi connectivity index (χ2n) is 17.7. The van der Waals surface area contributed by atoms with E-state index in [9.17, 15) is 9.59 Å². The van der Waals surface area contributed by atoms with Crippen LogP contribution in [-0.4, -0.2) is 133 Å². The van der Waals surface area contributed by atoms with E-state index in [1.54, 1.807) is 24.8 Å². The number of carbonyl (C=O) groups is 4. The van der Waals surface area contributed by atoms with E-state index in [0.717, 1.165) is 117 Å².